The molecule has 0 aromatic carbocycles. The summed E-state index contributed by atoms with van der Waals surface area (Å²) in [6, 6.07) is 2.17. The monoisotopic (exact) mass is 235 g/mol. The maximum absolute atomic E-state index is 4.58. The second-order valence-electron chi connectivity index (χ2n) is 3.72. The Morgan fingerprint density at radius 2 is 1.88 bits per heavy atom. The van der Waals surface area contributed by atoms with Gasteiger partial charge in [-0.05, 0) is 25.3 Å². The predicted molar refractivity (Wildman–Crippen MR) is 67.4 cm³/mol. The average Bonchev–Trinajstić information content (AvgIpc) is 2.94. The Balaban J connectivity index is 2.41. The van der Waals surface area contributed by atoms with Crippen LogP contribution in [0.25, 0.3) is 5.13 Å². The number of thiazole rings is 1. The fourth-order valence-electron chi connectivity index (χ4n) is 1.62. The van der Waals surface area contributed by atoms with Gasteiger partial charge in [0.1, 0.15) is 0 Å². The molecule has 0 aliphatic rings. The van der Waals surface area contributed by atoms with Gasteiger partial charge in [0.2, 0.25) is 5.13 Å². The molecule has 0 unspecified atom stereocenters. The van der Waals surface area contributed by atoms with Gasteiger partial charge in [-0.2, -0.15) is 5.10 Å². The first-order valence-electron chi connectivity index (χ1n) is 5.81. The molecule has 2 heterocycles. The van der Waals surface area contributed by atoms with Crippen molar-refractivity contribution in [3.63, 3.8) is 0 Å². The zero-order chi connectivity index (χ0) is 11.5. The molecule has 0 N–H and O–H groups in total. The van der Waals surface area contributed by atoms with E-state index < -0.39 is 0 Å². The van der Waals surface area contributed by atoms with Crippen molar-refractivity contribution < 1.29 is 0 Å². The van der Waals surface area contributed by atoms with E-state index in [1.54, 1.807) is 11.3 Å². The highest BCUT2D eigenvalue weighted by Gasteiger charge is 2.10. The van der Waals surface area contributed by atoms with Crippen LogP contribution in [0.3, 0.4) is 0 Å². The van der Waals surface area contributed by atoms with Gasteiger partial charge in [-0.3, -0.25) is 0 Å². The van der Waals surface area contributed by atoms with E-state index in [1.165, 1.54) is 5.69 Å². The minimum atomic E-state index is 0.978. The Labute approximate surface area is 100 Å². The van der Waals surface area contributed by atoms with Crippen LogP contribution in [0.2, 0.25) is 0 Å². The summed E-state index contributed by atoms with van der Waals surface area (Å²) in [5.74, 6) is 0. The number of aryl methyl sites for hydroxylation is 3. The van der Waals surface area contributed by atoms with Crippen LogP contribution in [-0.2, 0) is 19.3 Å². The lowest BCUT2D eigenvalue weighted by Gasteiger charge is -1.99. The SMILES string of the molecule is CCc1csc(-n2nc(CC)cc2CC)n1. The first-order chi connectivity index (χ1) is 7.78. The number of nitrogens with zero attached hydrogens (tertiary/aromatic N) is 3. The van der Waals surface area contributed by atoms with Crippen molar-refractivity contribution >= 4 is 11.3 Å². The molecule has 16 heavy (non-hydrogen) atoms. The highest BCUT2D eigenvalue weighted by Crippen LogP contribution is 2.18. The maximum atomic E-state index is 4.58. The van der Waals surface area contributed by atoms with Gasteiger partial charge in [0.25, 0.3) is 0 Å². The largest absolute Gasteiger partial charge is 0.223 e. The van der Waals surface area contributed by atoms with Crippen molar-refractivity contribution in [3.8, 4) is 5.13 Å². The number of hydrogen-bond donors (Lipinski definition) is 0. The average molecular weight is 235 g/mol. The molecule has 0 bridgehead atoms. The molecule has 3 nitrogen and oxygen atoms in total. The molecular formula is C12H17N3S. The number of hydrogen-bond acceptors (Lipinski definition) is 3. The zero-order valence-corrected chi connectivity index (χ0v) is 10.8. The van der Waals surface area contributed by atoms with E-state index in [4.69, 9.17) is 0 Å². The van der Waals surface area contributed by atoms with E-state index in [1.807, 2.05) is 4.68 Å². The molecule has 2 aromatic rings. The highest BCUT2D eigenvalue weighted by molar-refractivity contribution is 7.12. The standard InChI is InChI=1S/C12H17N3S/c1-4-9-7-11(6-3)15(14-9)12-13-10(5-2)8-16-12/h7-8H,4-6H2,1-3H3. The Hall–Kier alpha value is -1.16. The van der Waals surface area contributed by atoms with Crippen molar-refractivity contribution in [1.29, 1.82) is 0 Å². The van der Waals surface area contributed by atoms with Crippen LogP contribution in [-0.4, -0.2) is 14.8 Å². The third-order valence-electron chi connectivity index (χ3n) is 2.64. The summed E-state index contributed by atoms with van der Waals surface area (Å²) in [5, 5.41) is 7.69. The Kier molecular flexibility index (Phi) is 3.39. The Morgan fingerprint density at radius 3 is 2.44 bits per heavy atom. The van der Waals surface area contributed by atoms with Crippen molar-refractivity contribution in [2.24, 2.45) is 0 Å². The van der Waals surface area contributed by atoms with Gasteiger partial charge in [0.05, 0.1) is 11.4 Å². The third-order valence-corrected chi connectivity index (χ3v) is 3.51. The highest BCUT2D eigenvalue weighted by atomic mass is 32.1. The topological polar surface area (TPSA) is 30.7 Å². The van der Waals surface area contributed by atoms with Gasteiger partial charge >= 0.3 is 0 Å². The summed E-state index contributed by atoms with van der Waals surface area (Å²) >= 11 is 1.67. The summed E-state index contributed by atoms with van der Waals surface area (Å²) in [4.78, 5) is 4.57. The van der Waals surface area contributed by atoms with E-state index in [9.17, 15) is 0 Å². The third kappa shape index (κ3) is 2.02. The number of rotatable bonds is 4. The predicted octanol–water partition coefficient (Wildman–Crippen LogP) is 3.02. The fourth-order valence-corrected chi connectivity index (χ4v) is 2.51. The fraction of sp³-hybridized carbons (Fsp3) is 0.500. The minimum Gasteiger partial charge on any atom is -0.223 e. The molecular weight excluding hydrogens is 218 g/mol. The molecule has 0 saturated carbocycles. The van der Waals surface area contributed by atoms with Gasteiger partial charge < -0.3 is 0 Å². The van der Waals surface area contributed by atoms with Crippen LogP contribution < -0.4 is 0 Å². The first-order valence-corrected chi connectivity index (χ1v) is 6.69. The summed E-state index contributed by atoms with van der Waals surface area (Å²) in [5.41, 5.74) is 3.54. The molecule has 0 atom stereocenters. The summed E-state index contributed by atoms with van der Waals surface area (Å²) in [6.45, 7) is 6.41. The van der Waals surface area contributed by atoms with Crippen LogP contribution in [0.1, 0.15) is 37.9 Å². The van der Waals surface area contributed by atoms with Gasteiger partial charge in [-0.15, -0.1) is 11.3 Å². The Morgan fingerprint density at radius 1 is 1.12 bits per heavy atom. The van der Waals surface area contributed by atoms with E-state index in [-0.39, 0.29) is 0 Å². The van der Waals surface area contributed by atoms with Gasteiger partial charge in [-0.1, -0.05) is 20.8 Å². The molecule has 0 fully saturated rings. The second kappa shape index (κ2) is 4.78. The van der Waals surface area contributed by atoms with E-state index in [0.29, 0.717) is 0 Å². The molecule has 0 spiro atoms. The van der Waals surface area contributed by atoms with E-state index in [2.05, 4.69) is 42.3 Å². The lowest BCUT2D eigenvalue weighted by molar-refractivity contribution is 0.783. The van der Waals surface area contributed by atoms with Crippen LogP contribution >= 0.6 is 11.3 Å². The van der Waals surface area contributed by atoms with Crippen LogP contribution in [0.5, 0.6) is 0 Å². The summed E-state index contributed by atoms with van der Waals surface area (Å²) < 4.78 is 1.99. The molecule has 0 aliphatic heterocycles. The quantitative estimate of drug-likeness (QED) is 0.815. The Bertz CT molecular complexity index is 470. The second-order valence-corrected chi connectivity index (χ2v) is 4.56. The molecule has 86 valence electrons. The van der Waals surface area contributed by atoms with E-state index in [0.717, 1.165) is 35.8 Å². The van der Waals surface area contributed by atoms with Crippen molar-refractivity contribution in [1.82, 2.24) is 14.8 Å². The van der Waals surface area contributed by atoms with Crippen molar-refractivity contribution in [2.45, 2.75) is 40.0 Å². The lowest BCUT2D eigenvalue weighted by atomic mass is 10.3. The van der Waals surface area contributed by atoms with Crippen LogP contribution in [0, 0.1) is 0 Å². The van der Waals surface area contributed by atoms with Crippen molar-refractivity contribution in [2.75, 3.05) is 0 Å². The minimum absolute atomic E-state index is 0.978. The molecule has 0 radical (unpaired) electrons. The summed E-state index contributed by atoms with van der Waals surface area (Å²) in [7, 11) is 0. The molecule has 0 aliphatic carbocycles. The van der Waals surface area contributed by atoms with Crippen molar-refractivity contribution in [3.05, 3.63) is 28.5 Å². The molecule has 2 rings (SSSR count). The molecule has 2 aromatic heterocycles. The lowest BCUT2D eigenvalue weighted by Crippen LogP contribution is -2.01. The molecule has 4 heteroatoms. The smallest absolute Gasteiger partial charge is 0.210 e. The van der Waals surface area contributed by atoms with Gasteiger partial charge in [0.15, 0.2) is 0 Å². The zero-order valence-electron chi connectivity index (χ0n) is 10.0. The van der Waals surface area contributed by atoms with Crippen LogP contribution in [0.4, 0.5) is 0 Å². The summed E-state index contributed by atoms with van der Waals surface area (Å²) in [6.07, 6.45) is 2.96. The number of aromatic nitrogens is 3. The maximum Gasteiger partial charge on any atom is 0.210 e. The van der Waals surface area contributed by atoms with Gasteiger partial charge in [0, 0.05) is 11.1 Å². The van der Waals surface area contributed by atoms with Gasteiger partial charge in [-0.25, -0.2) is 9.67 Å². The van der Waals surface area contributed by atoms with E-state index >= 15 is 0 Å². The molecule has 0 saturated heterocycles. The molecule has 0 amide bonds. The first kappa shape index (κ1) is 11.3. The van der Waals surface area contributed by atoms with Crippen LogP contribution in [0.15, 0.2) is 11.4 Å². The normalized spacial score (nSPS) is 10.9.